The van der Waals surface area contributed by atoms with Gasteiger partial charge >= 0.3 is 0 Å². The Labute approximate surface area is 78.6 Å². The standard InChI is InChI=1S/C8H10.C2H6.2CH4/c1-7-3-5-8(2)6-4-7;1-2;;/h3-6H,1-2H3;1-2H3;2*1H4. The van der Waals surface area contributed by atoms with Crippen LogP contribution in [0.15, 0.2) is 24.3 Å². The van der Waals surface area contributed by atoms with Crippen molar-refractivity contribution in [2.45, 2.75) is 42.5 Å². The molecule has 0 aliphatic heterocycles. The van der Waals surface area contributed by atoms with Gasteiger partial charge in [-0.1, -0.05) is 64.1 Å². The van der Waals surface area contributed by atoms with E-state index in [0.29, 0.717) is 0 Å². The third-order valence-electron chi connectivity index (χ3n) is 1.22. The van der Waals surface area contributed by atoms with Crippen LogP contribution in [0.3, 0.4) is 0 Å². The molecule has 0 radical (unpaired) electrons. The van der Waals surface area contributed by atoms with Crippen LogP contribution in [-0.2, 0) is 0 Å². The highest BCUT2D eigenvalue weighted by Crippen LogP contribution is 1.99. The maximum Gasteiger partial charge on any atom is -0.0398 e. The highest BCUT2D eigenvalue weighted by atomic mass is 13.9. The Morgan fingerprint density at radius 2 is 0.833 bits per heavy atom. The molecule has 0 N–H and O–H groups in total. The second kappa shape index (κ2) is 10.2. The van der Waals surface area contributed by atoms with Gasteiger partial charge in [-0.3, -0.25) is 0 Å². The topological polar surface area (TPSA) is 0 Å². The Bertz CT molecular complexity index is 139. The molecule has 0 aromatic heterocycles. The van der Waals surface area contributed by atoms with Gasteiger partial charge < -0.3 is 0 Å². The van der Waals surface area contributed by atoms with Crippen LogP contribution < -0.4 is 0 Å². The molecule has 0 heteroatoms. The number of hydrogen-bond acceptors (Lipinski definition) is 0. The predicted octanol–water partition coefficient (Wildman–Crippen LogP) is 4.60. The Balaban J connectivity index is -0.000000189. The van der Waals surface area contributed by atoms with Crippen LogP contribution in [0.1, 0.15) is 39.8 Å². The van der Waals surface area contributed by atoms with Crippen molar-refractivity contribution < 1.29 is 0 Å². The van der Waals surface area contributed by atoms with E-state index in [1.165, 1.54) is 11.1 Å². The van der Waals surface area contributed by atoms with Gasteiger partial charge in [0.05, 0.1) is 0 Å². The van der Waals surface area contributed by atoms with Gasteiger partial charge in [0.15, 0.2) is 0 Å². The third-order valence-corrected chi connectivity index (χ3v) is 1.22. The summed E-state index contributed by atoms with van der Waals surface area (Å²) in [5.41, 5.74) is 2.66. The Hall–Kier alpha value is -0.780. The average Bonchev–Trinajstić information content (AvgIpc) is 2.00. The molecule has 1 aromatic rings. The smallest absolute Gasteiger partial charge is 0.0398 e. The van der Waals surface area contributed by atoms with Gasteiger partial charge in [-0.15, -0.1) is 0 Å². The average molecular weight is 168 g/mol. The zero-order valence-electron chi connectivity index (χ0n) is 7.31. The van der Waals surface area contributed by atoms with Crippen LogP contribution in [0.4, 0.5) is 0 Å². The van der Waals surface area contributed by atoms with Gasteiger partial charge in [0.25, 0.3) is 0 Å². The maximum absolute atomic E-state index is 2.12. The summed E-state index contributed by atoms with van der Waals surface area (Å²) in [7, 11) is 0. The fourth-order valence-corrected chi connectivity index (χ4v) is 0.637. The fourth-order valence-electron chi connectivity index (χ4n) is 0.637. The molecule has 0 atom stereocenters. The molecule has 0 bridgehead atoms. The number of hydrogen-bond donors (Lipinski definition) is 0. The van der Waals surface area contributed by atoms with Gasteiger partial charge in [0.2, 0.25) is 0 Å². The lowest BCUT2D eigenvalue weighted by Crippen LogP contribution is -1.70. The van der Waals surface area contributed by atoms with Crippen molar-refractivity contribution in [3.8, 4) is 0 Å². The minimum atomic E-state index is 0. The Kier molecular flexibility index (Phi) is 14.8. The van der Waals surface area contributed by atoms with Gasteiger partial charge in [-0.25, -0.2) is 0 Å². The first-order valence-corrected chi connectivity index (χ1v) is 3.82. The predicted molar refractivity (Wildman–Crippen MR) is 60.7 cm³/mol. The first-order chi connectivity index (χ1) is 4.79. The number of aryl methyl sites for hydroxylation is 2. The lowest BCUT2D eigenvalue weighted by Gasteiger charge is -1.90. The molecular formula is C12H24. The zero-order chi connectivity index (χ0) is 7.98. The number of benzene rings is 1. The molecule has 0 aliphatic carbocycles. The summed E-state index contributed by atoms with van der Waals surface area (Å²) in [4.78, 5) is 0. The summed E-state index contributed by atoms with van der Waals surface area (Å²) in [6, 6.07) is 8.48. The van der Waals surface area contributed by atoms with Crippen LogP contribution in [-0.4, -0.2) is 0 Å². The molecule has 12 heavy (non-hydrogen) atoms. The molecule has 0 fully saturated rings. The summed E-state index contributed by atoms with van der Waals surface area (Å²) >= 11 is 0. The normalized spacial score (nSPS) is 6.67. The van der Waals surface area contributed by atoms with E-state index in [-0.39, 0.29) is 14.9 Å². The van der Waals surface area contributed by atoms with Crippen molar-refractivity contribution in [3.05, 3.63) is 35.4 Å². The van der Waals surface area contributed by atoms with E-state index in [2.05, 4.69) is 38.1 Å². The highest BCUT2D eigenvalue weighted by Gasteiger charge is 1.79. The van der Waals surface area contributed by atoms with Crippen LogP contribution in [0.25, 0.3) is 0 Å². The summed E-state index contributed by atoms with van der Waals surface area (Å²) in [5, 5.41) is 0. The van der Waals surface area contributed by atoms with Crippen molar-refractivity contribution >= 4 is 0 Å². The van der Waals surface area contributed by atoms with Crippen LogP contribution in [0.2, 0.25) is 0 Å². The number of rotatable bonds is 0. The minimum Gasteiger partial charge on any atom is -0.0776 e. The van der Waals surface area contributed by atoms with E-state index in [9.17, 15) is 0 Å². The van der Waals surface area contributed by atoms with Crippen LogP contribution in [0, 0.1) is 13.8 Å². The summed E-state index contributed by atoms with van der Waals surface area (Å²) in [6.45, 7) is 8.19. The first kappa shape index (κ1) is 17.3. The molecule has 1 rings (SSSR count). The van der Waals surface area contributed by atoms with Crippen molar-refractivity contribution in [1.82, 2.24) is 0 Å². The van der Waals surface area contributed by atoms with Gasteiger partial charge in [-0.05, 0) is 13.8 Å². The zero-order valence-corrected chi connectivity index (χ0v) is 7.31. The molecule has 1 aromatic carbocycles. The quantitative estimate of drug-likeness (QED) is 0.531. The first-order valence-electron chi connectivity index (χ1n) is 3.82. The summed E-state index contributed by atoms with van der Waals surface area (Å²) in [5.74, 6) is 0. The van der Waals surface area contributed by atoms with E-state index in [4.69, 9.17) is 0 Å². The van der Waals surface area contributed by atoms with E-state index < -0.39 is 0 Å². The van der Waals surface area contributed by atoms with Crippen LogP contribution in [0.5, 0.6) is 0 Å². The molecular weight excluding hydrogens is 144 g/mol. The minimum absolute atomic E-state index is 0. The van der Waals surface area contributed by atoms with Gasteiger partial charge in [0.1, 0.15) is 0 Å². The molecule has 0 amide bonds. The van der Waals surface area contributed by atoms with Crippen LogP contribution >= 0.6 is 0 Å². The van der Waals surface area contributed by atoms with E-state index in [1.807, 2.05) is 13.8 Å². The molecule has 72 valence electrons. The lowest BCUT2D eigenvalue weighted by molar-refractivity contribution is 1.40. The van der Waals surface area contributed by atoms with Crippen molar-refractivity contribution in [3.63, 3.8) is 0 Å². The molecule has 0 aliphatic rings. The van der Waals surface area contributed by atoms with Crippen molar-refractivity contribution in [2.75, 3.05) is 0 Å². The van der Waals surface area contributed by atoms with E-state index in [0.717, 1.165) is 0 Å². The molecule has 0 saturated carbocycles. The largest absolute Gasteiger partial charge is 0.0776 e. The molecule has 0 spiro atoms. The highest BCUT2D eigenvalue weighted by molar-refractivity contribution is 5.19. The third kappa shape index (κ3) is 7.33. The summed E-state index contributed by atoms with van der Waals surface area (Å²) < 4.78 is 0. The summed E-state index contributed by atoms with van der Waals surface area (Å²) in [6.07, 6.45) is 0. The van der Waals surface area contributed by atoms with Crippen molar-refractivity contribution in [1.29, 1.82) is 0 Å². The Morgan fingerprint density at radius 3 is 1.00 bits per heavy atom. The fraction of sp³-hybridized carbons (Fsp3) is 0.500. The molecule has 0 heterocycles. The van der Waals surface area contributed by atoms with E-state index in [1.54, 1.807) is 0 Å². The van der Waals surface area contributed by atoms with Crippen molar-refractivity contribution in [2.24, 2.45) is 0 Å². The lowest BCUT2D eigenvalue weighted by atomic mass is 10.2. The second-order valence-electron chi connectivity index (χ2n) is 2.15. The second-order valence-corrected chi connectivity index (χ2v) is 2.15. The Morgan fingerprint density at radius 1 is 0.667 bits per heavy atom. The SMILES string of the molecule is C.C.CC.Cc1ccc(C)cc1. The molecule has 0 saturated heterocycles. The maximum atomic E-state index is 2.12. The van der Waals surface area contributed by atoms with Gasteiger partial charge in [0, 0.05) is 0 Å². The molecule has 0 unspecified atom stereocenters. The van der Waals surface area contributed by atoms with E-state index >= 15 is 0 Å². The monoisotopic (exact) mass is 168 g/mol. The van der Waals surface area contributed by atoms with Gasteiger partial charge in [-0.2, -0.15) is 0 Å². The molecule has 0 nitrogen and oxygen atoms in total.